The first-order chi connectivity index (χ1) is 9.26. The lowest BCUT2D eigenvalue weighted by Crippen LogP contribution is -2.39. The van der Waals surface area contributed by atoms with Gasteiger partial charge >= 0.3 is 0 Å². The second kappa shape index (κ2) is 7.17. The fourth-order valence-electron chi connectivity index (χ4n) is 2.02. The summed E-state index contributed by atoms with van der Waals surface area (Å²) < 4.78 is 27.1. The first-order valence-electron chi connectivity index (χ1n) is 6.70. The van der Waals surface area contributed by atoms with E-state index in [2.05, 4.69) is 10.0 Å². The van der Waals surface area contributed by atoms with Crippen molar-refractivity contribution in [3.63, 3.8) is 0 Å². The Bertz CT molecular complexity index is 512. The van der Waals surface area contributed by atoms with E-state index in [1.54, 1.807) is 12.1 Å². The van der Waals surface area contributed by atoms with Crippen LogP contribution in [0.1, 0.15) is 25.5 Å². The lowest BCUT2D eigenvalue weighted by Gasteiger charge is -2.18. The SMILES string of the molecule is CNC(C)c1ccc(S(=O)(=O)NC(C)CN(C)C)cc1. The Labute approximate surface area is 122 Å². The normalized spacial score (nSPS) is 15.3. The van der Waals surface area contributed by atoms with Crippen LogP contribution in [0.3, 0.4) is 0 Å². The van der Waals surface area contributed by atoms with Crippen molar-refractivity contribution in [1.29, 1.82) is 0 Å². The summed E-state index contributed by atoms with van der Waals surface area (Å²) in [6, 6.07) is 7.04. The van der Waals surface area contributed by atoms with Gasteiger partial charge in [-0.2, -0.15) is 0 Å². The molecule has 0 aliphatic rings. The summed E-state index contributed by atoms with van der Waals surface area (Å²) in [7, 11) is 2.25. The number of likely N-dealkylation sites (N-methyl/N-ethyl adjacent to an activating group) is 1. The Kier molecular flexibility index (Phi) is 6.13. The third-order valence-corrected chi connectivity index (χ3v) is 4.72. The maximum atomic E-state index is 12.2. The summed E-state index contributed by atoms with van der Waals surface area (Å²) in [4.78, 5) is 2.25. The van der Waals surface area contributed by atoms with Crippen LogP contribution >= 0.6 is 0 Å². The van der Waals surface area contributed by atoms with Crippen molar-refractivity contribution in [2.24, 2.45) is 0 Å². The molecule has 0 aliphatic carbocycles. The molecule has 6 heteroatoms. The van der Waals surface area contributed by atoms with E-state index in [1.807, 2.05) is 52.0 Å². The van der Waals surface area contributed by atoms with Gasteiger partial charge in [0.25, 0.3) is 0 Å². The standard InChI is InChI=1S/C14H25N3O2S/c1-11(10-17(4)5)16-20(18,19)14-8-6-13(7-9-14)12(2)15-3/h6-9,11-12,15-16H,10H2,1-5H3. The van der Waals surface area contributed by atoms with Crippen LogP contribution in [0.2, 0.25) is 0 Å². The molecule has 0 spiro atoms. The number of benzene rings is 1. The summed E-state index contributed by atoms with van der Waals surface area (Å²) in [6.45, 7) is 4.55. The third-order valence-electron chi connectivity index (χ3n) is 3.12. The number of hydrogen-bond acceptors (Lipinski definition) is 4. The van der Waals surface area contributed by atoms with Crippen molar-refractivity contribution in [2.75, 3.05) is 27.7 Å². The topological polar surface area (TPSA) is 61.4 Å². The lowest BCUT2D eigenvalue weighted by molar-refractivity contribution is 0.370. The van der Waals surface area contributed by atoms with Crippen molar-refractivity contribution >= 4 is 10.0 Å². The maximum absolute atomic E-state index is 12.2. The van der Waals surface area contributed by atoms with Gasteiger partial charge in [-0.05, 0) is 52.7 Å². The zero-order valence-electron chi connectivity index (χ0n) is 12.8. The van der Waals surface area contributed by atoms with Gasteiger partial charge in [0.2, 0.25) is 10.0 Å². The fraction of sp³-hybridized carbons (Fsp3) is 0.571. The van der Waals surface area contributed by atoms with Crippen molar-refractivity contribution in [3.05, 3.63) is 29.8 Å². The van der Waals surface area contributed by atoms with Crippen LogP contribution in [-0.2, 0) is 10.0 Å². The number of sulfonamides is 1. The van der Waals surface area contributed by atoms with Gasteiger partial charge in [-0.15, -0.1) is 0 Å². The molecule has 2 N–H and O–H groups in total. The molecule has 2 atom stereocenters. The zero-order valence-corrected chi connectivity index (χ0v) is 13.7. The van der Waals surface area contributed by atoms with Crippen molar-refractivity contribution in [2.45, 2.75) is 30.8 Å². The van der Waals surface area contributed by atoms with Crippen LogP contribution in [0.4, 0.5) is 0 Å². The van der Waals surface area contributed by atoms with Crippen LogP contribution in [-0.4, -0.2) is 47.0 Å². The van der Waals surface area contributed by atoms with E-state index in [1.165, 1.54) is 0 Å². The van der Waals surface area contributed by atoms with E-state index in [0.717, 1.165) is 5.56 Å². The molecular formula is C14H25N3O2S. The van der Waals surface area contributed by atoms with Gasteiger partial charge in [-0.25, -0.2) is 13.1 Å². The molecule has 114 valence electrons. The Hall–Kier alpha value is -0.950. The van der Waals surface area contributed by atoms with Gasteiger partial charge in [0.15, 0.2) is 0 Å². The van der Waals surface area contributed by atoms with E-state index in [9.17, 15) is 8.42 Å². The minimum absolute atomic E-state index is 0.133. The van der Waals surface area contributed by atoms with Crippen LogP contribution in [0.25, 0.3) is 0 Å². The van der Waals surface area contributed by atoms with E-state index in [4.69, 9.17) is 0 Å². The highest BCUT2D eigenvalue weighted by Crippen LogP contribution is 2.16. The molecule has 0 radical (unpaired) electrons. The molecule has 0 amide bonds. The predicted octanol–water partition coefficient (Wildman–Crippen LogP) is 1.20. The molecule has 0 heterocycles. The average Bonchev–Trinajstić information content (AvgIpc) is 2.36. The zero-order chi connectivity index (χ0) is 15.3. The van der Waals surface area contributed by atoms with Gasteiger partial charge < -0.3 is 10.2 Å². The van der Waals surface area contributed by atoms with Crippen LogP contribution in [0.15, 0.2) is 29.2 Å². The minimum atomic E-state index is -3.45. The summed E-state index contributed by atoms with van der Waals surface area (Å²) in [5, 5.41) is 3.12. The second-order valence-corrected chi connectivity index (χ2v) is 7.08. The molecule has 0 aliphatic heterocycles. The molecule has 0 saturated heterocycles. The second-order valence-electron chi connectivity index (χ2n) is 5.36. The molecular weight excluding hydrogens is 274 g/mol. The van der Waals surface area contributed by atoms with Crippen LogP contribution in [0.5, 0.6) is 0 Å². The van der Waals surface area contributed by atoms with Crippen molar-refractivity contribution < 1.29 is 8.42 Å². The molecule has 1 aromatic rings. The third kappa shape index (κ3) is 4.86. The van der Waals surface area contributed by atoms with E-state index < -0.39 is 10.0 Å². The molecule has 2 unspecified atom stereocenters. The Morgan fingerprint density at radius 3 is 2.15 bits per heavy atom. The number of nitrogens with zero attached hydrogens (tertiary/aromatic N) is 1. The van der Waals surface area contributed by atoms with Gasteiger partial charge in [-0.3, -0.25) is 0 Å². The van der Waals surface area contributed by atoms with Gasteiger partial charge in [-0.1, -0.05) is 12.1 Å². The highest BCUT2D eigenvalue weighted by Gasteiger charge is 2.17. The Balaban J connectivity index is 2.82. The minimum Gasteiger partial charge on any atom is -0.313 e. The smallest absolute Gasteiger partial charge is 0.240 e. The average molecular weight is 299 g/mol. The Morgan fingerprint density at radius 1 is 1.15 bits per heavy atom. The highest BCUT2D eigenvalue weighted by molar-refractivity contribution is 7.89. The van der Waals surface area contributed by atoms with Crippen LogP contribution < -0.4 is 10.0 Å². The van der Waals surface area contributed by atoms with Gasteiger partial charge in [0, 0.05) is 18.6 Å². The summed E-state index contributed by atoms with van der Waals surface area (Å²) in [5.74, 6) is 0. The molecule has 1 rings (SSSR count). The first-order valence-corrected chi connectivity index (χ1v) is 8.19. The number of nitrogens with one attached hydrogen (secondary N) is 2. The molecule has 0 fully saturated rings. The highest BCUT2D eigenvalue weighted by atomic mass is 32.2. The first kappa shape index (κ1) is 17.1. The molecule has 20 heavy (non-hydrogen) atoms. The quantitative estimate of drug-likeness (QED) is 0.794. The maximum Gasteiger partial charge on any atom is 0.240 e. The molecule has 5 nitrogen and oxygen atoms in total. The van der Waals surface area contributed by atoms with E-state index in [0.29, 0.717) is 11.4 Å². The van der Waals surface area contributed by atoms with Crippen LogP contribution in [0, 0.1) is 0 Å². The van der Waals surface area contributed by atoms with E-state index in [-0.39, 0.29) is 12.1 Å². The summed E-state index contributed by atoms with van der Waals surface area (Å²) >= 11 is 0. The van der Waals surface area contributed by atoms with Crippen molar-refractivity contribution in [3.8, 4) is 0 Å². The van der Waals surface area contributed by atoms with E-state index >= 15 is 0 Å². The summed E-state index contributed by atoms with van der Waals surface area (Å²) in [6.07, 6.45) is 0. The predicted molar refractivity (Wildman–Crippen MR) is 82.3 cm³/mol. The fourth-order valence-corrected chi connectivity index (χ4v) is 3.25. The van der Waals surface area contributed by atoms with Gasteiger partial charge in [0.1, 0.15) is 0 Å². The number of hydrogen-bond donors (Lipinski definition) is 2. The lowest BCUT2D eigenvalue weighted by atomic mass is 10.1. The molecule has 0 bridgehead atoms. The number of rotatable bonds is 7. The molecule has 0 saturated carbocycles. The van der Waals surface area contributed by atoms with Gasteiger partial charge in [0.05, 0.1) is 4.90 Å². The molecule has 0 aromatic heterocycles. The monoisotopic (exact) mass is 299 g/mol. The summed E-state index contributed by atoms with van der Waals surface area (Å²) in [5.41, 5.74) is 1.06. The largest absolute Gasteiger partial charge is 0.313 e. The Morgan fingerprint density at radius 2 is 1.70 bits per heavy atom. The van der Waals surface area contributed by atoms with Crippen molar-refractivity contribution in [1.82, 2.24) is 14.9 Å². The molecule has 1 aromatic carbocycles.